The Kier molecular flexibility index (Phi) is 4.01. The van der Waals surface area contributed by atoms with Crippen LogP contribution in [0.5, 0.6) is 0 Å². The molecule has 0 aliphatic carbocycles. The van der Waals surface area contributed by atoms with E-state index in [9.17, 15) is 4.79 Å². The standard InChI is InChI=1S/C15H16O/c1-5-13(9-11(2)3)15(16)14-8-6-7-12(4)10-14/h5-10H,1-2H2,3-4H3/b13-9+. The number of Topliss-reactive ketones (excluding diaryl/α,β-unsaturated/α-hetero) is 1. The summed E-state index contributed by atoms with van der Waals surface area (Å²) < 4.78 is 0. The molecule has 1 aromatic carbocycles. The van der Waals surface area contributed by atoms with E-state index in [1.54, 1.807) is 12.2 Å². The zero-order valence-corrected chi connectivity index (χ0v) is 9.79. The zero-order valence-electron chi connectivity index (χ0n) is 9.79. The summed E-state index contributed by atoms with van der Waals surface area (Å²) in [5, 5.41) is 0. The Hall–Kier alpha value is -1.89. The third-order valence-corrected chi connectivity index (χ3v) is 2.16. The molecule has 0 bridgehead atoms. The minimum atomic E-state index is -0.0123. The second-order valence-electron chi connectivity index (χ2n) is 3.85. The lowest BCUT2D eigenvalue weighted by molar-refractivity contribution is 0.103. The average molecular weight is 212 g/mol. The predicted molar refractivity (Wildman–Crippen MR) is 68.6 cm³/mol. The highest BCUT2D eigenvalue weighted by molar-refractivity contribution is 6.10. The maximum absolute atomic E-state index is 12.1. The third kappa shape index (κ3) is 3.06. The Labute approximate surface area is 96.8 Å². The van der Waals surface area contributed by atoms with Gasteiger partial charge in [-0.3, -0.25) is 4.79 Å². The molecule has 1 nitrogen and oxygen atoms in total. The fourth-order valence-electron chi connectivity index (χ4n) is 1.44. The Morgan fingerprint density at radius 2 is 2.06 bits per heavy atom. The fourth-order valence-corrected chi connectivity index (χ4v) is 1.44. The van der Waals surface area contributed by atoms with Crippen molar-refractivity contribution in [3.63, 3.8) is 0 Å². The van der Waals surface area contributed by atoms with Gasteiger partial charge in [0.15, 0.2) is 5.78 Å². The van der Waals surface area contributed by atoms with Gasteiger partial charge in [0.05, 0.1) is 0 Å². The zero-order chi connectivity index (χ0) is 12.1. The lowest BCUT2D eigenvalue weighted by Gasteiger charge is -2.03. The van der Waals surface area contributed by atoms with Gasteiger partial charge in [-0.1, -0.05) is 48.6 Å². The summed E-state index contributed by atoms with van der Waals surface area (Å²) in [6, 6.07) is 7.53. The topological polar surface area (TPSA) is 17.1 Å². The molecule has 0 spiro atoms. The van der Waals surface area contributed by atoms with Crippen molar-refractivity contribution in [1.82, 2.24) is 0 Å². The second kappa shape index (κ2) is 5.26. The van der Waals surface area contributed by atoms with Crippen LogP contribution in [0.2, 0.25) is 0 Å². The molecule has 0 saturated carbocycles. The normalized spacial score (nSPS) is 11.0. The first-order valence-corrected chi connectivity index (χ1v) is 5.15. The van der Waals surface area contributed by atoms with Crippen molar-refractivity contribution in [2.24, 2.45) is 0 Å². The van der Waals surface area contributed by atoms with Crippen LogP contribution in [0, 0.1) is 6.92 Å². The summed E-state index contributed by atoms with van der Waals surface area (Å²) in [5.41, 5.74) is 3.19. The molecular formula is C15H16O. The van der Waals surface area contributed by atoms with Gasteiger partial charge < -0.3 is 0 Å². The van der Waals surface area contributed by atoms with Gasteiger partial charge in [0, 0.05) is 11.1 Å². The van der Waals surface area contributed by atoms with Crippen LogP contribution in [0.4, 0.5) is 0 Å². The molecule has 0 aliphatic rings. The minimum absolute atomic E-state index is 0.0123. The molecule has 0 unspecified atom stereocenters. The van der Waals surface area contributed by atoms with E-state index >= 15 is 0 Å². The van der Waals surface area contributed by atoms with Crippen molar-refractivity contribution in [3.05, 3.63) is 71.8 Å². The van der Waals surface area contributed by atoms with Crippen molar-refractivity contribution in [1.29, 1.82) is 0 Å². The smallest absolute Gasteiger partial charge is 0.193 e. The van der Waals surface area contributed by atoms with E-state index in [1.165, 1.54) is 0 Å². The van der Waals surface area contributed by atoms with Crippen molar-refractivity contribution >= 4 is 5.78 Å². The predicted octanol–water partition coefficient (Wildman–Crippen LogP) is 3.87. The van der Waals surface area contributed by atoms with Gasteiger partial charge >= 0.3 is 0 Å². The van der Waals surface area contributed by atoms with Crippen molar-refractivity contribution in [2.45, 2.75) is 13.8 Å². The number of aryl methyl sites for hydroxylation is 1. The monoisotopic (exact) mass is 212 g/mol. The minimum Gasteiger partial charge on any atom is -0.289 e. The summed E-state index contributed by atoms with van der Waals surface area (Å²) in [6.07, 6.45) is 3.32. The molecule has 0 aromatic heterocycles. The first-order valence-electron chi connectivity index (χ1n) is 5.15. The van der Waals surface area contributed by atoms with E-state index in [4.69, 9.17) is 0 Å². The Bertz CT molecular complexity index is 464. The molecule has 16 heavy (non-hydrogen) atoms. The van der Waals surface area contributed by atoms with Gasteiger partial charge in [-0.2, -0.15) is 0 Å². The first-order chi connectivity index (χ1) is 7.54. The van der Waals surface area contributed by atoms with E-state index in [-0.39, 0.29) is 5.78 Å². The molecule has 0 aliphatic heterocycles. The molecule has 0 fully saturated rings. The Morgan fingerprint density at radius 1 is 1.38 bits per heavy atom. The first kappa shape index (κ1) is 12.2. The quantitative estimate of drug-likeness (QED) is 0.420. The van der Waals surface area contributed by atoms with Crippen LogP contribution < -0.4 is 0 Å². The molecule has 1 heteroatoms. The number of ketones is 1. The highest BCUT2D eigenvalue weighted by atomic mass is 16.1. The molecule has 0 radical (unpaired) electrons. The molecule has 1 aromatic rings. The van der Waals surface area contributed by atoms with Crippen LogP contribution in [0.25, 0.3) is 0 Å². The van der Waals surface area contributed by atoms with Gasteiger partial charge in [0.25, 0.3) is 0 Å². The summed E-state index contributed by atoms with van der Waals surface area (Å²) in [6.45, 7) is 11.2. The van der Waals surface area contributed by atoms with Gasteiger partial charge in [0.2, 0.25) is 0 Å². The molecule has 0 amide bonds. The van der Waals surface area contributed by atoms with E-state index < -0.39 is 0 Å². The second-order valence-corrected chi connectivity index (χ2v) is 3.85. The number of carbonyl (C=O) groups is 1. The lowest BCUT2D eigenvalue weighted by atomic mass is 10.0. The van der Waals surface area contributed by atoms with Crippen molar-refractivity contribution in [2.75, 3.05) is 0 Å². The van der Waals surface area contributed by atoms with Crippen LogP contribution >= 0.6 is 0 Å². The number of hydrogen-bond acceptors (Lipinski definition) is 1. The van der Waals surface area contributed by atoms with E-state index in [2.05, 4.69) is 13.2 Å². The van der Waals surface area contributed by atoms with Crippen LogP contribution in [0.15, 0.2) is 60.7 Å². The van der Waals surface area contributed by atoms with Crippen molar-refractivity contribution in [3.8, 4) is 0 Å². The molecule has 0 heterocycles. The molecule has 1 rings (SSSR count). The largest absolute Gasteiger partial charge is 0.289 e. The third-order valence-electron chi connectivity index (χ3n) is 2.16. The summed E-state index contributed by atoms with van der Waals surface area (Å²) in [5.74, 6) is -0.0123. The molecule has 0 saturated heterocycles. The maximum atomic E-state index is 12.1. The highest BCUT2D eigenvalue weighted by Crippen LogP contribution is 2.12. The van der Waals surface area contributed by atoms with E-state index in [1.807, 2.05) is 38.1 Å². The number of rotatable bonds is 4. The maximum Gasteiger partial charge on any atom is 0.193 e. The van der Waals surface area contributed by atoms with Gasteiger partial charge in [0.1, 0.15) is 0 Å². The lowest BCUT2D eigenvalue weighted by Crippen LogP contribution is -2.01. The molecular weight excluding hydrogens is 196 g/mol. The molecule has 82 valence electrons. The summed E-state index contributed by atoms with van der Waals surface area (Å²) >= 11 is 0. The van der Waals surface area contributed by atoms with Crippen molar-refractivity contribution < 1.29 is 4.79 Å². The number of benzene rings is 1. The molecule has 0 N–H and O–H groups in total. The van der Waals surface area contributed by atoms with Gasteiger partial charge in [-0.15, -0.1) is 0 Å². The number of allylic oxidation sites excluding steroid dienone is 4. The van der Waals surface area contributed by atoms with Gasteiger partial charge in [-0.25, -0.2) is 0 Å². The highest BCUT2D eigenvalue weighted by Gasteiger charge is 2.08. The number of carbonyl (C=O) groups excluding carboxylic acids is 1. The van der Waals surface area contributed by atoms with Crippen LogP contribution in [-0.2, 0) is 0 Å². The fraction of sp³-hybridized carbons (Fsp3) is 0.133. The average Bonchev–Trinajstić information content (AvgIpc) is 2.24. The number of hydrogen-bond donors (Lipinski definition) is 0. The van der Waals surface area contributed by atoms with Crippen LogP contribution in [-0.4, -0.2) is 5.78 Å². The van der Waals surface area contributed by atoms with Crippen LogP contribution in [0.1, 0.15) is 22.8 Å². The summed E-state index contributed by atoms with van der Waals surface area (Å²) in [7, 11) is 0. The van der Waals surface area contributed by atoms with E-state index in [0.717, 1.165) is 11.1 Å². The summed E-state index contributed by atoms with van der Waals surface area (Å²) in [4.78, 5) is 12.1. The Morgan fingerprint density at radius 3 is 2.56 bits per heavy atom. The Balaban J connectivity index is 3.10. The SMILES string of the molecule is C=C/C(=C\C(=C)C)C(=O)c1cccc(C)c1. The van der Waals surface area contributed by atoms with Gasteiger partial charge in [-0.05, 0) is 26.0 Å². The van der Waals surface area contributed by atoms with E-state index in [0.29, 0.717) is 11.1 Å². The van der Waals surface area contributed by atoms with Crippen LogP contribution in [0.3, 0.4) is 0 Å². The molecule has 0 atom stereocenters.